The zero-order valence-electron chi connectivity index (χ0n) is 30.0. The molecule has 0 saturated carbocycles. The lowest BCUT2D eigenvalue weighted by molar-refractivity contribution is -0.164. The first-order chi connectivity index (χ1) is 25.7. The molecule has 0 bridgehead atoms. The lowest BCUT2D eigenvalue weighted by Crippen LogP contribution is -2.47. The van der Waals surface area contributed by atoms with E-state index in [1.54, 1.807) is 25.2 Å². The minimum Gasteiger partial charge on any atom is -0.451 e. The van der Waals surface area contributed by atoms with Crippen molar-refractivity contribution < 1.29 is 51.1 Å². The van der Waals surface area contributed by atoms with Gasteiger partial charge >= 0.3 is 13.8 Å². The van der Waals surface area contributed by atoms with Crippen LogP contribution in [0.4, 0.5) is 13.2 Å². The number of carbonyl (C=O) groups is 1. The van der Waals surface area contributed by atoms with Gasteiger partial charge in [0.05, 0.1) is 42.7 Å². The smallest absolute Gasteiger partial charge is 0.451 e. The van der Waals surface area contributed by atoms with Gasteiger partial charge in [-0.25, -0.2) is 27.4 Å². The van der Waals surface area contributed by atoms with Crippen LogP contribution in [0.1, 0.15) is 50.3 Å². The molecule has 54 heavy (non-hydrogen) atoms. The Kier molecular flexibility index (Phi) is 16.0. The second kappa shape index (κ2) is 20.2. The van der Waals surface area contributed by atoms with Gasteiger partial charge in [-0.15, -0.1) is 11.8 Å². The number of allylic oxidation sites excluding steroid dienone is 2. The molecular weight excluding hydrogens is 750 g/mol. The maximum Gasteiger partial charge on any atom is 0.469 e. The number of nitrogens with zero attached hydrogens (tertiary/aromatic N) is 5. The highest BCUT2D eigenvalue weighted by molar-refractivity contribution is 8.00. The van der Waals surface area contributed by atoms with Gasteiger partial charge in [0, 0.05) is 35.4 Å². The van der Waals surface area contributed by atoms with E-state index in [4.69, 9.17) is 24.0 Å². The lowest BCUT2D eigenvalue weighted by atomic mass is 9.89. The first kappa shape index (κ1) is 42.9. The first-order valence-electron chi connectivity index (χ1n) is 17.1. The average Bonchev–Trinajstić information content (AvgIpc) is 3.64. The van der Waals surface area contributed by atoms with Gasteiger partial charge in [-0.05, 0) is 56.8 Å². The number of ether oxygens (including phenoxy) is 3. The van der Waals surface area contributed by atoms with Crippen LogP contribution < -0.4 is 0 Å². The molecule has 3 atom stereocenters. The third kappa shape index (κ3) is 12.6. The summed E-state index contributed by atoms with van der Waals surface area (Å²) in [4.78, 5) is 38.6. The molecule has 1 fully saturated rings. The minimum absolute atomic E-state index is 0.121. The van der Waals surface area contributed by atoms with Crippen LogP contribution in [0, 0.1) is 28.8 Å². The number of carbonyl (C=O) groups excluding carboxylic acids is 1. The molecule has 0 spiro atoms. The Bertz CT molecular complexity index is 1830. The standard InChI is InChI=1S/C36H43F3N5O8PS/c1-4-43(5-2)19-29(52-53(46,47)48)13-15-34(45)51-36(22-44-24-41-23-42-44,31-14-12-28(37)17-33(31)39)25(3)54-30-20-49-35(50-21-30)9-7-6-8-27-11-10-26(18-40)16-32(27)38/h6-12,14,16-17,23-25,29-30,35H,4-5,13,15,19-22H2,1-3H3,(H2,46,47,48)/b8-6+,9-7+/t25-,29?,30-,35-,36-/m1/s1. The molecule has 1 unspecified atom stereocenters. The number of thioether (sulfide) groups is 1. The Morgan fingerprint density at radius 2 is 1.91 bits per heavy atom. The lowest BCUT2D eigenvalue weighted by Gasteiger charge is -2.40. The van der Waals surface area contributed by atoms with E-state index in [9.17, 15) is 27.9 Å². The summed E-state index contributed by atoms with van der Waals surface area (Å²) in [5.41, 5.74) is -1.40. The summed E-state index contributed by atoms with van der Waals surface area (Å²) in [6.45, 7) is 6.91. The number of benzene rings is 2. The quantitative estimate of drug-likeness (QED) is 0.0858. The Morgan fingerprint density at radius 1 is 1.17 bits per heavy atom. The average molecular weight is 794 g/mol. The van der Waals surface area contributed by atoms with Crippen LogP contribution >= 0.6 is 19.6 Å². The third-order valence-corrected chi connectivity index (χ3v) is 10.6. The SMILES string of the molecule is CCN(CC)CC(CCC(=O)O[C@@](Cn1cncn1)(c1ccc(F)cc1F)[C@@H](C)S[C@H]1CO[C@H](/C=C/C=C/c2ccc(C#N)cc2F)OC1)OP(=O)(O)O. The maximum atomic E-state index is 15.8. The van der Waals surface area contributed by atoms with Crippen molar-refractivity contribution >= 4 is 31.6 Å². The summed E-state index contributed by atoms with van der Waals surface area (Å²) >= 11 is 1.29. The molecule has 1 aromatic heterocycles. The maximum absolute atomic E-state index is 15.8. The fraction of sp³-hybridized carbons (Fsp3) is 0.444. The van der Waals surface area contributed by atoms with E-state index in [2.05, 4.69) is 10.1 Å². The van der Waals surface area contributed by atoms with Gasteiger partial charge < -0.3 is 28.9 Å². The highest BCUT2D eigenvalue weighted by atomic mass is 32.2. The molecule has 1 aliphatic rings. The highest BCUT2D eigenvalue weighted by Crippen LogP contribution is 2.43. The van der Waals surface area contributed by atoms with Crippen molar-refractivity contribution in [3.05, 3.63) is 101 Å². The number of rotatable bonds is 19. The van der Waals surface area contributed by atoms with Crippen molar-refractivity contribution in [3.8, 4) is 6.07 Å². The third-order valence-electron chi connectivity index (χ3n) is 8.59. The van der Waals surface area contributed by atoms with Crippen molar-refractivity contribution in [2.75, 3.05) is 32.8 Å². The second-order valence-corrected chi connectivity index (χ2v) is 15.2. The van der Waals surface area contributed by atoms with E-state index < -0.39 is 54.5 Å². The van der Waals surface area contributed by atoms with Gasteiger partial charge in [0.1, 0.15) is 30.1 Å². The zero-order chi connectivity index (χ0) is 39.3. The molecular formula is C36H43F3N5O8PS. The number of nitriles is 1. The first-order valence-corrected chi connectivity index (χ1v) is 19.6. The van der Waals surface area contributed by atoms with Crippen LogP contribution in [-0.4, -0.2) is 91.2 Å². The normalized spacial score (nSPS) is 18.8. The highest BCUT2D eigenvalue weighted by Gasteiger charge is 2.46. The van der Waals surface area contributed by atoms with Crippen LogP contribution in [0.15, 0.2) is 67.3 Å². The number of halogens is 3. The largest absolute Gasteiger partial charge is 0.469 e. The van der Waals surface area contributed by atoms with E-state index in [1.165, 1.54) is 53.4 Å². The topological polar surface area (TPSA) is 169 Å². The van der Waals surface area contributed by atoms with E-state index >= 15 is 4.39 Å². The van der Waals surface area contributed by atoms with Crippen LogP contribution in [0.2, 0.25) is 0 Å². The Labute approximate surface area is 316 Å². The van der Waals surface area contributed by atoms with Gasteiger partial charge in [-0.3, -0.25) is 9.32 Å². The number of likely N-dealkylation sites (N-methyl/N-ethyl adjacent to an activating group) is 1. The van der Waals surface area contributed by atoms with E-state index in [1.807, 2.05) is 24.8 Å². The number of phosphoric ester groups is 1. The summed E-state index contributed by atoms with van der Waals surface area (Å²) < 4.78 is 80.2. The van der Waals surface area contributed by atoms with E-state index in [-0.39, 0.29) is 55.5 Å². The minimum atomic E-state index is -4.90. The molecule has 18 heteroatoms. The predicted molar refractivity (Wildman–Crippen MR) is 194 cm³/mol. The Morgan fingerprint density at radius 3 is 2.52 bits per heavy atom. The summed E-state index contributed by atoms with van der Waals surface area (Å²) in [7, 11) is -4.90. The van der Waals surface area contributed by atoms with Crippen LogP contribution in [0.3, 0.4) is 0 Å². The molecule has 13 nitrogen and oxygen atoms in total. The molecule has 0 radical (unpaired) electrons. The van der Waals surface area contributed by atoms with Crippen LogP contribution in [-0.2, 0) is 40.2 Å². The Hall–Kier alpha value is -3.85. The summed E-state index contributed by atoms with van der Waals surface area (Å²) in [5, 5.41) is 12.0. The van der Waals surface area contributed by atoms with Gasteiger partial charge in [-0.2, -0.15) is 10.4 Å². The van der Waals surface area contributed by atoms with Crippen molar-refractivity contribution in [1.82, 2.24) is 19.7 Å². The number of esters is 1. The zero-order valence-corrected chi connectivity index (χ0v) is 31.7. The summed E-state index contributed by atoms with van der Waals surface area (Å²) in [5.74, 6) is -3.15. The van der Waals surface area contributed by atoms with Gasteiger partial charge in [-0.1, -0.05) is 38.1 Å². The van der Waals surface area contributed by atoms with Crippen molar-refractivity contribution in [2.24, 2.45) is 0 Å². The fourth-order valence-electron chi connectivity index (χ4n) is 5.80. The second-order valence-electron chi connectivity index (χ2n) is 12.4. The van der Waals surface area contributed by atoms with Crippen LogP contribution in [0.5, 0.6) is 0 Å². The molecule has 0 aliphatic carbocycles. The molecule has 2 aromatic carbocycles. The molecule has 2 heterocycles. The molecule has 292 valence electrons. The van der Waals surface area contributed by atoms with Crippen molar-refractivity contribution in [3.63, 3.8) is 0 Å². The van der Waals surface area contributed by atoms with Gasteiger partial charge in [0.25, 0.3) is 0 Å². The monoisotopic (exact) mass is 793 g/mol. The van der Waals surface area contributed by atoms with Crippen LogP contribution in [0.25, 0.3) is 6.08 Å². The summed E-state index contributed by atoms with van der Waals surface area (Å²) in [6.07, 6.45) is 6.82. The van der Waals surface area contributed by atoms with Crippen molar-refractivity contribution in [2.45, 2.75) is 68.7 Å². The van der Waals surface area contributed by atoms with E-state index in [0.29, 0.717) is 24.7 Å². The van der Waals surface area contributed by atoms with E-state index in [0.717, 1.165) is 12.1 Å². The number of aromatic nitrogens is 3. The predicted octanol–water partition coefficient (Wildman–Crippen LogP) is 5.74. The fourth-order valence-corrected chi connectivity index (χ4v) is 7.72. The number of hydrogen-bond donors (Lipinski definition) is 2. The van der Waals surface area contributed by atoms with Crippen molar-refractivity contribution in [1.29, 1.82) is 5.26 Å². The molecule has 1 saturated heterocycles. The molecule has 2 N–H and O–H groups in total. The molecule has 4 rings (SSSR count). The number of phosphoric acid groups is 1. The Balaban J connectivity index is 1.52. The van der Waals surface area contributed by atoms with Gasteiger partial charge in [0.2, 0.25) is 0 Å². The molecule has 0 amide bonds. The van der Waals surface area contributed by atoms with Gasteiger partial charge in [0.15, 0.2) is 11.9 Å². The molecule has 1 aliphatic heterocycles. The number of hydrogen-bond acceptors (Lipinski definition) is 11. The molecule has 3 aromatic rings. The summed E-state index contributed by atoms with van der Waals surface area (Å²) in [6, 6.07) is 9.00.